The fraction of sp³-hybridized carbons (Fsp3) is 0.733. The molecule has 4 rings (SSSR count). The van der Waals surface area contributed by atoms with Crippen LogP contribution >= 0.6 is 0 Å². The molecule has 0 aliphatic heterocycles. The van der Waals surface area contributed by atoms with Crippen molar-refractivity contribution in [3.8, 4) is 11.5 Å². The molecule has 0 radical (unpaired) electrons. The summed E-state index contributed by atoms with van der Waals surface area (Å²) >= 11 is 0. The highest BCUT2D eigenvalue weighted by Crippen LogP contribution is 2.49. The van der Waals surface area contributed by atoms with Crippen LogP contribution in [0.5, 0.6) is 11.5 Å². The Bertz CT molecular complexity index is 799. The zero-order chi connectivity index (χ0) is 23.9. The summed E-state index contributed by atoms with van der Waals surface area (Å²) in [6.45, 7) is 4.66. The molecule has 3 fully saturated rings. The standard InChI is InChI=1S/C30H44F2O2/c1-3-5-6-7-21-8-13-26-19-25(15-14-24(26)18-21)23-11-9-22(10-12-23)20-34-28-17-16-27(33-4-2)29(31)30(28)32/h3,5,16-17,21-26H,4,6-15,18-20H2,1-2H3. The third-order valence-corrected chi connectivity index (χ3v) is 9.08. The van der Waals surface area contributed by atoms with Gasteiger partial charge >= 0.3 is 0 Å². The van der Waals surface area contributed by atoms with E-state index in [0.29, 0.717) is 19.1 Å². The molecule has 4 heteroatoms. The Morgan fingerprint density at radius 3 is 2.00 bits per heavy atom. The average Bonchev–Trinajstić information content (AvgIpc) is 2.86. The lowest BCUT2D eigenvalue weighted by Crippen LogP contribution is -2.35. The Balaban J connectivity index is 1.19. The van der Waals surface area contributed by atoms with E-state index in [4.69, 9.17) is 9.47 Å². The minimum absolute atomic E-state index is 0.00252. The normalized spacial score (nSPS) is 31.9. The molecule has 0 aromatic heterocycles. The van der Waals surface area contributed by atoms with E-state index in [9.17, 15) is 8.78 Å². The number of fused-ring (bicyclic) bond motifs is 1. The molecule has 4 atom stereocenters. The van der Waals surface area contributed by atoms with Gasteiger partial charge in [0.25, 0.3) is 0 Å². The minimum Gasteiger partial charge on any atom is -0.491 e. The SMILES string of the molecule is CC=CCCC1CCC2CC(C3CCC(COc4ccc(OCC)c(F)c4F)CC3)CCC2C1. The molecule has 190 valence electrons. The maximum absolute atomic E-state index is 14.3. The van der Waals surface area contributed by atoms with E-state index < -0.39 is 11.6 Å². The van der Waals surface area contributed by atoms with E-state index in [1.165, 1.54) is 76.3 Å². The Kier molecular flexibility index (Phi) is 9.31. The van der Waals surface area contributed by atoms with Gasteiger partial charge in [0, 0.05) is 0 Å². The minimum atomic E-state index is -0.953. The highest BCUT2D eigenvalue weighted by molar-refractivity contribution is 5.35. The van der Waals surface area contributed by atoms with Crippen LogP contribution in [0, 0.1) is 47.1 Å². The second-order valence-corrected chi connectivity index (χ2v) is 11.1. The molecule has 3 aliphatic carbocycles. The van der Waals surface area contributed by atoms with Gasteiger partial charge in [0.2, 0.25) is 11.6 Å². The monoisotopic (exact) mass is 474 g/mol. The highest BCUT2D eigenvalue weighted by atomic mass is 19.2. The lowest BCUT2D eigenvalue weighted by molar-refractivity contribution is 0.0547. The van der Waals surface area contributed by atoms with E-state index in [1.807, 2.05) is 0 Å². The van der Waals surface area contributed by atoms with Crippen LogP contribution in [0.1, 0.15) is 90.9 Å². The molecule has 2 nitrogen and oxygen atoms in total. The average molecular weight is 475 g/mol. The van der Waals surface area contributed by atoms with Crippen molar-refractivity contribution in [2.45, 2.75) is 90.9 Å². The molecule has 4 unspecified atom stereocenters. The van der Waals surface area contributed by atoms with Gasteiger partial charge < -0.3 is 9.47 Å². The first-order valence-electron chi connectivity index (χ1n) is 13.9. The summed E-state index contributed by atoms with van der Waals surface area (Å²) in [5.74, 6) is 3.16. The number of rotatable bonds is 9. The van der Waals surface area contributed by atoms with Crippen LogP contribution in [0.2, 0.25) is 0 Å². The molecular weight excluding hydrogens is 430 g/mol. The van der Waals surface area contributed by atoms with E-state index in [0.717, 1.165) is 42.4 Å². The van der Waals surface area contributed by atoms with Crippen molar-refractivity contribution in [3.63, 3.8) is 0 Å². The number of benzene rings is 1. The topological polar surface area (TPSA) is 18.5 Å². The van der Waals surface area contributed by atoms with E-state index in [2.05, 4.69) is 19.1 Å². The van der Waals surface area contributed by atoms with Crippen molar-refractivity contribution in [1.82, 2.24) is 0 Å². The van der Waals surface area contributed by atoms with Gasteiger partial charge in [-0.05, 0) is 132 Å². The van der Waals surface area contributed by atoms with Gasteiger partial charge in [0.15, 0.2) is 11.5 Å². The molecule has 0 bridgehead atoms. The van der Waals surface area contributed by atoms with Crippen molar-refractivity contribution in [2.24, 2.45) is 35.5 Å². The molecule has 3 saturated carbocycles. The first-order valence-corrected chi connectivity index (χ1v) is 13.9. The Hall–Kier alpha value is -1.58. The van der Waals surface area contributed by atoms with Crippen molar-refractivity contribution in [2.75, 3.05) is 13.2 Å². The number of hydrogen-bond acceptors (Lipinski definition) is 2. The summed E-state index contributed by atoms with van der Waals surface area (Å²) in [5, 5.41) is 0. The van der Waals surface area contributed by atoms with E-state index >= 15 is 0 Å². The predicted molar refractivity (Wildman–Crippen MR) is 134 cm³/mol. The largest absolute Gasteiger partial charge is 0.491 e. The van der Waals surface area contributed by atoms with Gasteiger partial charge in [-0.25, -0.2) is 0 Å². The molecule has 1 aromatic carbocycles. The summed E-state index contributed by atoms with van der Waals surface area (Å²) in [6, 6.07) is 2.95. The Morgan fingerprint density at radius 2 is 1.32 bits per heavy atom. The third kappa shape index (κ3) is 6.34. The van der Waals surface area contributed by atoms with Crippen molar-refractivity contribution < 1.29 is 18.3 Å². The van der Waals surface area contributed by atoms with Gasteiger partial charge in [-0.1, -0.05) is 18.6 Å². The lowest BCUT2D eigenvalue weighted by Gasteiger charge is -2.45. The molecule has 0 N–H and O–H groups in total. The molecule has 34 heavy (non-hydrogen) atoms. The van der Waals surface area contributed by atoms with Crippen LogP contribution in [-0.4, -0.2) is 13.2 Å². The summed E-state index contributed by atoms with van der Waals surface area (Å²) in [6.07, 6.45) is 20.7. The number of allylic oxidation sites excluding steroid dienone is 2. The first-order chi connectivity index (χ1) is 16.6. The van der Waals surface area contributed by atoms with Gasteiger partial charge in [0.05, 0.1) is 13.2 Å². The summed E-state index contributed by atoms with van der Waals surface area (Å²) in [5.41, 5.74) is 0. The zero-order valence-corrected chi connectivity index (χ0v) is 21.2. The van der Waals surface area contributed by atoms with Gasteiger partial charge in [0.1, 0.15) is 0 Å². The van der Waals surface area contributed by atoms with Gasteiger partial charge in [-0.3, -0.25) is 0 Å². The maximum Gasteiger partial charge on any atom is 0.204 e. The smallest absolute Gasteiger partial charge is 0.204 e. The zero-order valence-electron chi connectivity index (χ0n) is 21.2. The Labute approximate surface area is 205 Å². The maximum atomic E-state index is 14.3. The first kappa shape index (κ1) is 25.5. The molecular formula is C30H44F2O2. The Morgan fingerprint density at radius 1 is 0.765 bits per heavy atom. The number of halogens is 2. The second kappa shape index (κ2) is 12.4. The van der Waals surface area contributed by atoms with Crippen LogP contribution in [-0.2, 0) is 0 Å². The van der Waals surface area contributed by atoms with E-state index in [-0.39, 0.29) is 11.5 Å². The van der Waals surface area contributed by atoms with Crippen LogP contribution in [0.25, 0.3) is 0 Å². The summed E-state index contributed by atoms with van der Waals surface area (Å²) in [7, 11) is 0. The van der Waals surface area contributed by atoms with Gasteiger partial charge in [-0.15, -0.1) is 0 Å². The van der Waals surface area contributed by atoms with Crippen LogP contribution < -0.4 is 9.47 Å². The molecule has 0 amide bonds. The highest BCUT2D eigenvalue weighted by Gasteiger charge is 2.38. The van der Waals surface area contributed by atoms with E-state index in [1.54, 1.807) is 6.92 Å². The number of hydrogen-bond donors (Lipinski definition) is 0. The lowest BCUT2D eigenvalue weighted by atomic mass is 9.60. The summed E-state index contributed by atoms with van der Waals surface area (Å²) < 4.78 is 39.2. The quantitative estimate of drug-likeness (QED) is 0.333. The van der Waals surface area contributed by atoms with Crippen molar-refractivity contribution >= 4 is 0 Å². The molecule has 1 aromatic rings. The van der Waals surface area contributed by atoms with Crippen LogP contribution in [0.3, 0.4) is 0 Å². The third-order valence-electron chi connectivity index (χ3n) is 9.08. The fourth-order valence-electron chi connectivity index (χ4n) is 7.14. The summed E-state index contributed by atoms with van der Waals surface area (Å²) in [4.78, 5) is 0. The predicted octanol–water partition coefficient (Wildman–Crippen LogP) is 8.74. The number of ether oxygens (including phenoxy) is 2. The molecule has 0 saturated heterocycles. The second-order valence-electron chi connectivity index (χ2n) is 11.1. The fourth-order valence-corrected chi connectivity index (χ4v) is 7.14. The molecule has 0 spiro atoms. The van der Waals surface area contributed by atoms with Crippen LogP contribution in [0.4, 0.5) is 8.78 Å². The molecule has 3 aliphatic rings. The van der Waals surface area contributed by atoms with Crippen molar-refractivity contribution in [3.05, 3.63) is 35.9 Å². The molecule has 0 heterocycles. The van der Waals surface area contributed by atoms with Crippen molar-refractivity contribution in [1.29, 1.82) is 0 Å². The van der Waals surface area contributed by atoms with Gasteiger partial charge in [-0.2, -0.15) is 8.78 Å². The van der Waals surface area contributed by atoms with Crippen LogP contribution in [0.15, 0.2) is 24.3 Å².